The Morgan fingerprint density at radius 3 is 2.15 bits per heavy atom. The lowest BCUT2D eigenvalue weighted by Gasteiger charge is -2.18. The van der Waals surface area contributed by atoms with Crippen molar-refractivity contribution in [3.05, 3.63) is 22.8 Å². The van der Waals surface area contributed by atoms with Gasteiger partial charge in [0.1, 0.15) is 0 Å². The zero-order valence-electron chi connectivity index (χ0n) is 13.6. The lowest BCUT2D eigenvalue weighted by atomic mass is 9.94. The number of hydrogen-bond acceptors (Lipinski definition) is 2. The van der Waals surface area contributed by atoms with Crippen molar-refractivity contribution >= 4 is 0 Å². The molecule has 2 nitrogen and oxygen atoms in total. The highest BCUT2D eigenvalue weighted by Gasteiger charge is 2.16. The highest BCUT2D eigenvalue weighted by molar-refractivity contribution is 5.54. The van der Waals surface area contributed by atoms with Crippen molar-refractivity contribution in [1.82, 2.24) is 0 Å². The standard InChI is InChI=1S/C18H30O2/c1-5-9-10-11-12-20-18-16(8-4)15(7-3)14(6-2)13-17(18)19/h13,19H,5-12H2,1-4H3. The van der Waals surface area contributed by atoms with E-state index in [1.54, 1.807) is 0 Å². The number of phenols is 1. The highest BCUT2D eigenvalue weighted by Crippen LogP contribution is 2.36. The van der Waals surface area contributed by atoms with Crippen molar-refractivity contribution in [2.24, 2.45) is 0 Å². The predicted octanol–water partition coefficient (Wildman–Crippen LogP) is 5.04. The van der Waals surface area contributed by atoms with Gasteiger partial charge in [0.25, 0.3) is 0 Å². The second kappa shape index (κ2) is 8.89. The topological polar surface area (TPSA) is 29.5 Å². The van der Waals surface area contributed by atoms with Gasteiger partial charge in [0.05, 0.1) is 6.61 Å². The first-order chi connectivity index (χ1) is 9.69. The quantitative estimate of drug-likeness (QED) is 0.641. The molecule has 0 fully saturated rings. The van der Waals surface area contributed by atoms with Crippen molar-refractivity contribution in [3.63, 3.8) is 0 Å². The fourth-order valence-corrected chi connectivity index (χ4v) is 2.80. The number of aryl methyl sites for hydroxylation is 1. The summed E-state index contributed by atoms with van der Waals surface area (Å²) in [6.07, 6.45) is 7.62. The summed E-state index contributed by atoms with van der Waals surface area (Å²) < 4.78 is 5.90. The maximum Gasteiger partial charge on any atom is 0.164 e. The molecule has 2 heteroatoms. The third kappa shape index (κ3) is 4.16. The second-order valence-electron chi connectivity index (χ2n) is 5.31. The van der Waals surface area contributed by atoms with Gasteiger partial charge in [0, 0.05) is 5.56 Å². The molecule has 0 spiro atoms. The molecule has 0 unspecified atom stereocenters. The number of hydrogen-bond donors (Lipinski definition) is 1. The highest BCUT2D eigenvalue weighted by atomic mass is 16.5. The molecule has 1 N–H and O–H groups in total. The van der Waals surface area contributed by atoms with Gasteiger partial charge < -0.3 is 9.84 Å². The fourth-order valence-electron chi connectivity index (χ4n) is 2.80. The van der Waals surface area contributed by atoms with Crippen LogP contribution >= 0.6 is 0 Å². The monoisotopic (exact) mass is 278 g/mol. The average molecular weight is 278 g/mol. The van der Waals surface area contributed by atoms with E-state index in [9.17, 15) is 5.11 Å². The Morgan fingerprint density at radius 2 is 1.60 bits per heavy atom. The summed E-state index contributed by atoms with van der Waals surface area (Å²) in [5.74, 6) is 1.03. The van der Waals surface area contributed by atoms with E-state index in [1.807, 2.05) is 6.07 Å². The zero-order chi connectivity index (χ0) is 15.0. The van der Waals surface area contributed by atoms with E-state index in [0.717, 1.165) is 31.4 Å². The molecule has 0 atom stereocenters. The van der Waals surface area contributed by atoms with Gasteiger partial charge in [0.15, 0.2) is 11.5 Å². The van der Waals surface area contributed by atoms with Crippen molar-refractivity contribution < 1.29 is 9.84 Å². The lowest BCUT2D eigenvalue weighted by Crippen LogP contribution is -2.05. The molecule has 0 bridgehead atoms. The molecule has 0 saturated carbocycles. The Kier molecular flexibility index (Phi) is 7.50. The zero-order valence-corrected chi connectivity index (χ0v) is 13.6. The van der Waals surface area contributed by atoms with E-state index in [4.69, 9.17) is 4.74 Å². The first kappa shape index (κ1) is 16.9. The summed E-state index contributed by atoms with van der Waals surface area (Å²) in [4.78, 5) is 0. The number of aromatic hydroxyl groups is 1. The molecule has 0 heterocycles. The van der Waals surface area contributed by atoms with Crippen LogP contribution in [0, 0.1) is 0 Å². The van der Waals surface area contributed by atoms with Gasteiger partial charge in [-0.1, -0.05) is 47.0 Å². The van der Waals surface area contributed by atoms with Crippen LogP contribution in [0.2, 0.25) is 0 Å². The van der Waals surface area contributed by atoms with Crippen LogP contribution in [0.5, 0.6) is 11.5 Å². The molecule has 0 aliphatic heterocycles. The first-order valence-corrected chi connectivity index (χ1v) is 8.18. The van der Waals surface area contributed by atoms with Crippen molar-refractivity contribution in [1.29, 1.82) is 0 Å². The molecule has 1 rings (SSSR count). The Labute approximate surface area is 124 Å². The molecule has 1 aromatic rings. The number of unbranched alkanes of at least 4 members (excludes halogenated alkanes) is 3. The Balaban J connectivity index is 2.88. The lowest BCUT2D eigenvalue weighted by molar-refractivity contribution is 0.286. The molecular weight excluding hydrogens is 248 g/mol. The van der Waals surface area contributed by atoms with Gasteiger partial charge in [-0.3, -0.25) is 0 Å². The minimum absolute atomic E-state index is 0.311. The van der Waals surface area contributed by atoms with Gasteiger partial charge in [0.2, 0.25) is 0 Å². The molecule has 0 aromatic heterocycles. The van der Waals surface area contributed by atoms with Gasteiger partial charge in [-0.2, -0.15) is 0 Å². The van der Waals surface area contributed by atoms with Crippen LogP contribution in [0.1, 0.15) is 70.1 Å². The molecule has 0 amide bonds. The molecule has 1 aromatic carbocycles. The average Bonchev–Trinajstić information content (AvgIpc) is 2.47. The minimum atomic E-state index is 0.311. The fraction of sp³-hybridized carbons (Fsp3) is 0.667. The van der Waals surface area contributed by atoms with Crippen LogP contribution in [-0.2, 0) is 19.3 Å². The van der Waals surface area contributed by atoms with Crippen LogP contribution in [0.3, 0.4) is 0 Å². The van der Waals surface area contributed by atoms with E-state index in [2.05, 4.69) is 27.7 Å². The summed E-state index contributed by atoms with van der Waals surface area (Å²) in [5.41, 5.74) is 3.80. The SMILES string of the molecule is CCCCCCOc1c(O)cc(CC)c(CC)c1CC. The Bertz CT molecular complexity index is 410. The van der Waals surface area contributed by atoms with Crippen LogP contribution < -0.4 is 4.74 Å². The molecule has 0 radical (unpaired) electrons. The largest absolute Gasteiger partial charge is 0.504 e. The number of ether oxygens (including phenoxy) is 1. The van der Waals surface area contributed by atoms with Gasteiger partial charge >= 0.3 is 0 Å². The van der Waals surface area contributed by atoms with E-state index in [0.29, 0.717) is 12.4 Å². The van der Waals surface area contributed by atoms with Crippen LogP contribution in [0.4, 0.5) is 0 Å². The van der Waals surface area contributed by atoms with E-state index >= 15 is 0 Å². The van der Waals surface area contributed by atoms with E-state index in [1.165, 1.54) is 36.0 Å². The Morgan fingerprint density at radius 1 is 0.900 bits per heavy atom. The van der Waals surface area contributed by atoms with E-state index < -0.39 is 0 Å². The number of benzene rings is 1. The summed E-state index contributed by atoms with van der Waals surface area (Å²) in [5, 5.41) is 10.2. The molecule has 20 heavy (non-hydrogen) atoms. The van der Waals surface area contributed by atoms with Crippen LogP contribution in [0.25, 0.3) is 0 Å². The molecule has 0 aliphatic rings. The van der Waals surface area contributed by atoms with Gasteiger partial charge in [-0.25, -0.2) is 0 Å². The third-order valence-electron chi connectivity index (χ3n) is 3.90. The van der Waals surface area contributed by atoms with Crippen molar-refractivity contribution in [2.45, 2.75) is 72.6 Å². The van der Waals surface area contributed by atoms with Gasteiger partial charge in [-0.05, 0) is 42.9 Å². The first-order valence-electron chi connectivity index (χ1n) is 8.18. The Hall–Kier alpha value is -1.18. The second-order valence-corrected chi connectivity index (χ2v) is 5.31. The summed E-state index contributed by atoms with van der Waals surface area (Å²) in [7, 11) is 0. The van der Waals surface area contributed by atoms with Crippen molar-refractivity contribution in [3.8, 4) is 11.5 Å². The third-order valence-corrected chi connectivity index (χ3v) is 3.90. The smallest absolute Gasteiger partial charge is 0.164 e. The minimum Gasteiger partial charge on any atom is -0.504 e. The maximum absolute atomic E-state index is 10.2. The number of rotatable bonds is 9. The predicted molar refractivity (Wildman–Crippen MR) is 85.9 cm³/mol. The molecule has 0 aliphatic carbocycles. The molecule has 114 valence electrons. The van der Waals surface area contributed by atoms with Crippen molar-refractivity contribution in [2.75, 3.05) is 6.61 Å². The maximum atomic E-state index is 10.2. The molecular formula is C18H30O2. The molecule has 0 saturated heterocycles. The van der Waals surface area contributed by atoms with E-state index in [-0.39, 0.29) is 0 Å². The normalized spacial score (nSPS) is 10.8. The van der Waals surface area contributed by atoms with Gasteiger partial charge in [-0.15, -0.1) is 0 Å². The number of phenolic OH excluding ortho intramolecular Hbond substituents is 1. The van der Waals surface area contributed by atoms with Crippen LogP contribution in [-0.4, -0.2) is 11.7 Å². The summed E-state index contributed by atoms with van der Waals surface area (Å²) in [6.45, 7) is 9.36. The van der Waals surface area contributed by atoms with Crippen LogP contribution in [0.15, 0.2) is 6.07 Å². The summed E-state index contributed by atoms with van der Waals surface area (Å²) >= 11 is 0. The summed E-state index contributed by atoms with van der Waals surface area (Å²) in [6, 6.07) is 1.89.